The van der Waals surface area contributed by atoms with Crippen LogP contribution < -0.4 is 0 Å². The lowest BCUT2D eigenvalue weighted by Crippen LogP contribution is -2.32. The summed E-state index contributed by atoms with van der Waals surface area (Å²) in [4.78, 5) is 24.0. The van der Waals surface area contributed by atoms with Gasteiger partial charge in [0, 0.05) is 0 Å². The molecule has 6 heteroatoms. The Hall–Kier alpha value is 0.01000. The van der Waals surface area contributed by atoms with Gasteiger partial charge in [0.1, 0.15) is 11.2 Å². The number of alkyl halides is 3. The van der Waals surface area contributed by atoms with E-state index in [1.807, 2.05) is 13.8 Å². The van der Waals surface area contributed by atoms with Crippen molar-refractivity contribution in [3.05, 3.63) is 0 Å². The number of ether oxygens (including phenoxy) is 1. The van der Waals surface area contributed by atoms with Gasteiger partial charge < -0.3 is 4.74 Å². The van der Waals surface area contributed by atoms with Crippen LogP contribution in [-0.2, 0) is 14.3 Å². The summed E-state index contributed by atoms with van der Waals surface area (Å²) in [5.74, 6) is -1.05. The van der Waals surface area contributed by atoms with E-state index in [0.29, 0.717) is 0 Å². The number of hydrogen-bond acceptors (Lipinski definition) is 3. The molecule has 3 nitrogen and oxygen atoms in total. The largest absolute Gasteiger partial charge is 0.465 e. The Morgan fingerprint density at radius 2 is 1.78 bits per heavy atom. The van der Waals surface area contributed by atoms with Gasteiger partial charge in [-0.3, -0.25) is 9.59 Å². The minimum absolute atomic E-state index is 0.156. The van der Waals surface area contributed by atoms with Gasteiger partial charge >= 0.3 is 5.97 Å². The summed E-state index contributed by atoms with van der Waals surface area (Å²) >= 11 is 17.3. The predicted molar refractivity (Wildman–Crippen MR) is 71.9 cm³/mol. The van der Waals surface area contributed by atoms with Crippen molar-refractivity contribution in [2.24, 2.45) is 16.7 Å². The fraction of sp³-hybridized carbons (Fsp3) is 0.833. The molecule has 1 fully saturated rings. The second-order valence-electron chi connectivity index (χ2n) is 5.18. The van der Waals surface area contributed by atoms with E-state index in [-0.39, 0.29) is 24.7 Å². The van der Waals surface area contributed by atoms with E-state index in [4.69, 9.17) is 39.5 Å². The molecular weight excluding hydrogens is 298 g/mol. The minimum atomic E-state index is -1.48. The average Bonchev–Trinajstić information content (AvgIpc) is 2.61. The van der Waals surface area contributed by atoms with Gasteiger partial charge in [0.2, 0.25) is 0 Å². The first kappa shape index (κ1) is 16.1. The number of Topliss-reactive ketones (excluding diaryl/α,β-unsaturated/α-hetero) is 1. The summed E-state index contributed by atoms with van der Waals surface area (Å²) in [5.41, 5.74) is -1.72. The zero-order chi connectivity index (χ0) is 14.4. The molecule has 1 rings (SSSR count). The van der Waals surface area contributed by atoms with Crippen molar-refractivity contribution in [1.82, 2.24) is 0 Å². The van der Waals surface area contributed by atoms with Crippen LogP contribution >= 0.6 is 34.8 Å². The number of halogens is 3. The summed E-state index contributed by atoms with van der Waals surface area (Å²) in [6.07, 6.45) is 0.156. The number of esters is 1. The normalized spacial score (nSPS) is 29.8. The van der Waals surface area contributed by atoms with Gasteiger partial charge in [-0.25, -0.2) is 0 Å². The molecule has 1 aliphatic carbocycles. The van der Waals surface area contributed by atoms with Crippen LogP contribution in [0.1, 0.15) is 34.1 Å². The van der Waals surface area contributed by atoms with Crippen molar-refractivity contribution in [3.8, 4) is 0 Å². The van der Waals surface area contributed by atoms with Crippen LogP contribution in [0, 0.1) is 16.7 Å². The maximum absolute atomic E-state index is 12.1. The van der Waals surface area contributed by atoms with Gasteiger partial charge in [-0.15, -0.1) is 0 Å². The Morgan fingerprint density at radius 3 is 2.11 bits per heavy atom. The van der Waals surface area contributed by atoms with Crippen molar-refractivity contribution in [1.29, 1.82) is 0 Å². The Balaban J connectivity index is 3.08. The quantitative estimate of drug-likeness (QED) is 0.453. The molecule has 0 saturated heterocycles. The molecule has 18 heavy (non-hydrogen) atoms. The molecule has 1 aliphatic rings. The molecule has 0 aromatic carbocycles. The molecule has 0 heterocycles. The van der Waals surface area contributed by atoms with Crippen LogP contribution in [0.15, 0.2) is 0 Å². The van der Waals surface area contributed by atoms with Gasteiger partial charge in [0.25, 0.3) is 0 Å². The van der Waals surface area contributed by atoms with Crippen LogP contribution in [0.2, 0.25) is 0 Å². The van der Waals surface area contributed by atoms with Crippen LogP contribution in [0.25, 0.3) is 0 Å². The maximum Gasteiger partial charge on any atom is 0.320 e. The first-order valence-corrected chi connectivity index (χ1v) is 6.90. The van der Waals surface area contributed by atoms with Gasteiger partial charge in [-0.1, -0.05) is 48.7 Å². The number of rotatable bonds is 4. The Labute approximate surface area is 122 Å². The van der Waals surface area contributed by atoms with Crippen LogP contribution in [0.3, 0.4) is 0 Å². The first-order valence-electron chi connectivity index (χ1n) is 5.76. The van der Waals surface area contributed by atoms with Crippen LogP contribution in [0.4, 0.5) is 0 Å². The minimum Gasteiger partial charge on any atom is -0.465 e. The van der Waals surface area contributed by atoms with Gasteiger partial charge in [0.15, 0.2) is 3.79 Å². The summed E-state index contributed by atoms with van der Waals surface area (Å²) in [5, 5.41) is 0. The van der Waals surface area contributed by atoms with Crippen molar-refractivity contribution in [3.63, 3.8) is 0 Å². The summed E-state index contributed by atoms with van der Waals surface area (Å²) in [6.45, 7) is 6.96. The smallest absolute Gasteiger partial charge is 0.320 e. The lowest BCUT2D eigenvalue weighted by molar-refractivity contribution is -0.155. The van der Waals surface area contributed by atoms with E-state index in [0.717, 1.165) is 0 Å². The Kier molecular flexibility index (Phi) is 4.32. The lowest BCUT2D eigenvalue weighted by Gasteiger charge is -2.16. The highest BCUT2D eigenvalue weighted by atomic mass is 35.6. The maximum atomic E-state index is 12.1. The summed E-state index contributed by atoms with van der Waals surface area (Å²) < 4.78 is 3.54. The standard InChI is InChI=1S/C12H17Cl3O3/c1-5-18-9(17)12(7(2)16)8(10(12,3)4)6-11(13,14)15/h8H,5-6H2,1-4H3. The van der Waals surface area contributed by atoms with E-state index in [1.165, 1.54) is 6.92 Å². The highest BCUT2D eigenvalue weighted by Crippen LogP contribution is 2.72. The third-order valence-corrected chi connectivity index (χ3v) is 4.38. The van der Waals surface area contributed by atoms with Crippen molar-refractivity contribution < 1.29 is 14.3 Å². The third kappa shape index (κ3) is 2.37. The summed E-state index contributed by atoms with van der Waals surface area (Å²) in [7, 11) is 0. The molecule has 0 amide bonds. The molecule has 0 aromatic rings. The van der Waals surface area contributed by atoms with E-state index in [9.17, 15) is 9.59 Å². The van der Waals surface area contributed by atoms with E-state index >= 15 is 0 Å². The highest BCUT2D eigenvalue weighted by molar-refractivity contribution is 6.67. The van der Waals surface area contributed by atoms with Crippen molar-refractivity contribution in [2.75, 3.05) is 6.61 Å². The van der Waals surface area contributed by atoms with E-state index < -0.39 is 20.6 Å². The molecule has 0 bridgehead atoms. The van der Waals surface area contributed by atoms with E-state index in [1.54, 1.807) is 6.92 Å². The van der Waals surface area contributed by atoms with Crippen LogP contribution in [-0.4, -0.2) is 22.2 Å². The topological polar surface area (TPSA) is 43.4 Å². The fourth-order valence-corrected chi connectivity index (χ4v) is 3.47. The Morgan fingerprint density at radius 1 is 1.28 bits per heavy atom. The first-order chi connectivity index (χ1) is 8.01. The number of hydrogen-bond donors (Lipinski definition) is 0. The third-order valence-electron chi connectivity index (χ3n) is 3.92. The molecule has 0 N–H and O–H groups in total. The molecular formula is C12H17Cl3O3. The number of carbonyl (C=O) groups excluding carboxylic acids is 2. The zero-order valence-electron chi connectivity index (χ0n) is 10.9. The zero-order valence-corrected chi connectivity index (χ0v) is 13.1. The Bertz CT molecular complexity index is 373. The van der Waals surface area contributed by atoms with E-state index in [2.05, 4.69) is 0 Å². The highest BCUT2D eigenvalue weighted by Gasteiger charge is 2.79. The molecule has 0 aromatic heterocycles. The lowest BCUT2D eigenvalue weighted by atomic mass is 9.92. The van der Waals surface area contributed by atoms with Gasteiger partial charge in [-0.05, 0) is 31.6 Å². The number of carbonyl (C=O) groups is 2. The molecule has 2 atom stereocenters. The van der Waals surface area contributed by atoms with Gasteiger partial charge in [-0.2, -0.15) is 0 Å². The second-order valence-corrected chi connectivity index (χ2v) is 7.69. The molecule has 0 aliphatic heterocycles. The fourth-order valence-electron chi connectivity index (χ4n) is 3.00. The predicted octanol–water partition coefficient (Wildman–Crippen LogP) is 3.54. The average molecular weight is 316 g/mol. The second kappa shape index (κ2) is 4.84. The monoisotopic (exact) mass is 314 g/mol. The van der Waals surface area contributed by atoms with Crippen molar-refractivity contribution in [2.45, 2.75) is 37.9 Å². The van der Waals surface area contributed by atoms with Crippen LogP contribution in [0.5, 0.6) is 0 Å². The molecule has 0 spiro atoms. The summed E-state index contributed by atoms with van der Waals surface area (Å²) in [6, 6.07) is 0. The molecule has 0 radical (unpaired) electrons. The SMILES string of the molecule is CCOC(=O)C1(C(C)=O)C(CC(Cl)(Cl)Cl)C1(C)C. The van der Waals surface area contributed by atoms with Crippen molar-refractivity contribution >= 4 is 46.6 Å². The molecule has 1 saturated carbocycles. The molecule has 104 valence electrons. The number of ketones is 1. The molecule has 2 unspecified atom stereocenters. The van der Waals surface area contributed by atoms with Gasteiger partial charge in [0.05, 0.1) is 6.61 Å².